The number of nitrogens with two attached hydrogens (primary N) is 1. The number of rotatable bonds is 6. The molecule has 110 valence electrons. The van der Waals surface area contributed by atoms with E-state index in [9.17, 15) is 4.79 Å². The van der Waals surface area contributed by atoms with Crippen molar-refractivity contribution >= 4 is 11.7 Å². The fourth-order valence-electron chi connectivity index (χ4n) is 2.63. The summed E-state index contributed by atoms with van der Waals surface area (Å²) >= 11 is 0. The van der Waals surface area contributed by atoms with E-state index in [1.54, 1.807) is 0 Å². The lowest BCUT2D eigenvalue weighted by atomic mass is 9.89. The Labute approximate surface area is 114 Å². The van der Waals surface area contributed by atoms with Gasteiger partial charge in [-0.1, -0.05) is 25.9 Å². The summed E-state index contributed by atoms with van der Waals surface area (Å²) in [5.41, 5.74) is 4.97. The highest BCUT2D eigenvalue weighted by molar-refractivity contribution is 5.94. The lowest BCUT2D eigenvalue weighted by Crippen LogP contribution is -2.58. The molecule has 0 aromatic carbocycles. The molecule has 0 aliphatic carbocycles. The zero-order chi connectivity index (χ0) is 14.5. The van der Waals surface area contributed by atoms with Gasteiger partial charge in [-0.3, -0.25) is 4.79 Å². The van der Waals surface area contributed by atoms with Gasteiger partial charge in [-0.15, -0.1) is 0 Å². The first kappa shape index (κ1) is 15.8. The maximum atomic E-state index is 12.4. The summed E-state index contributed by atoms with van der Waals surface area (Å²) < 4.78 is 5.53. The standard InChI is InChI=1S/C13H25N3O3/c1-4-10-9(7-8-19-10)11(17)15-13(5-2,6-3)12(14)16-18/h9-10,18H,4-8H2,1-3H3,(H2,14,16)(H,15,17). The van der Waals surface area contributed by atoms with Gasteiger partial charge in [-0.2, -0.15) is 0 Å². The molecule has 1 saturated heterocycles. The number of ether oxygens (including phenoxy) is 1. The molecule has 0 bridgehead atoms. The van der Waals surface area contributed by atoms with Crippen LogP contribution >= 0.6 is 0 Å². The molecule has 1 rings (SSSR count). The number of amides is 1. The monoisotopic (exact) mass is 271 g/mol. The average Bonchev–Trinajstić information content (AvgIpc) is 2.92. The van der Waals surface area contributed by atoms with E-state index >= 15 is 0 Å². The van der Waals surface area contributed by atoms with Crippen LogP contribution in [0.5, 0.6) is 0 Å². The SMILES string of the molecule is CCC1OCCC1C(=O)NC(CC)(CC)C(N)=NO. The van der Waals surface area contributed by atoms with Gasteiger partial charge in [-0.25, -0.2) is 0 Å². The van der Waals surface area contributed by atoms with Crippen molar-refractivity contribution < 1.29 is 14.7 Å². The third-order valence-electron chi connectivity index (χ3n) is 4.12. The van der Waals surface area contributed by atoms with E-state index in [1.807, 2.05) is 20.8 Å². The van der Waals surface area contributed by atoms with E-state index in [1.165, 1.54) is 0 Å². The summed E-state index contributed by atoms with van der Waals surface area (Å²) in [4.78, 5) is 12.4. The molecule has 0 saturated carbocycles. The molecule has 0 spiro atoms. The van der Waals surface area contributed by atoms with Gasteiger partial charge in [-0.05, 0) is 25.7 Å². The summed E-state index contributed by atoms with van der Waals surface area (Å²) in [5, 5.41) is 14.9. The van der Waals surface area contributed by atoms with Gasteiger partial charge in [0.15, 0.2) is 5.84 Å². The molecule has 1 amide bonds. The topological polar surface area (TPSA) is 96.9 Å². The maximum absolute atomic E-state index is 12.4. The third kappa shape index (κ3) is 3.18. The lowest BCUT2D eigenvalue weighted by molar-refractivity contribution is -0.128. The normalized spacial score (nSPS) is 24.5. The second-order valence-electron chi connectivity index (χ2n) is 4.98. The Morgan fingerprint density at radius 1 is 1.47 bits per heavy atom. The molecule has 2 unspecified atom stereocenters. The lowest BCUT2D eigenvalue weighted by Gasteiger charge is -2.33. The number of hydrogen-bond donors (Lipinski definition) is 3. The van der Waals surface area contributed by atoms with Crippen molar-refractivity contribution in [2.24, 2.45) is 16.8 Å². The van der Waals surface area contributed by atoms with Crippen molar-refractivity contribution in [1.29, 1.82) is 0 Å². The Balaban J connectivity index is 2.82. The van der Waals surface area contributed by atoms with Crippen LogP contribution in [0.2, 0.25) is 0 Å². The molecular weight excluding hydrogens is 246 g/mol. The van der Waals surface area contributed by atoms with Crippen LogP contribution in [-0.4, -0.2) is 35.2 Å². The van der Waals surface area contributed by atoms with Gasteiger partial charge in [0.1, 0.15) is 5.54 Å². The average molecular weight is 271 g/mol. The highest BCUT2D eigenvalue weighted by Crippen LogP contribution is 2.25. The number of hydrogen-bond acceptors (Lipinski definition) is 4. The van der Waals surface area contributed by atoms with Crippen LogP contribution in [0.1, 0.15) is 46.5 Å². The zero-order valence-electron chi connectivity index (χ0n) is 12.0. The van der Waals surface area contributed by atoms with Crippen molar-refractivity contribution in [3.05, 3.63) is 0 Å². The van der Waals surface area contributed by atoms with Crippen LogP contribution in [0, 0.1) is 5.92 Å². The molecule has 0 aromatic rings. The molecule has 19 heavy (non-hydrogen) atoms. The third-order valence-corrected chi connectivity index (χ3v) is 4.12. The van der Waals surface area contributed by atoms with Crippen LogP contribution in [0.3, 0.4) is 0 Å². The Hall–Kier alpha value is -1.30. The molecule has 6 heteroatoms. The molecule has 6 nitrogen and oxygen atoms in total. The van der Waals surface area contributed by atoms with E-state index in [4.69, 9.17) is 15.7 Å². The Morgan fingerprint density at radius 3 is 2.58 bits per heavy atom. The first-order valence-electron chi connectivity index (χ1n) is 6.96. The van der Waals surface area contributed by atoms with E-state index < -0.39 is 5.54 Å². The van der Waals surface area contributed by atoms with Crippen LogP contribution in [0.4, 0.5) is 0 Å². The van der Waals surface area contributed by atoms with Gasteiger partial charge >= 0.3 is 0 Å². The van der Waals surface area contributed by atoms with Crippen molar-refractivity contribution in [1.82, 2.24) is 5.32 Å². The molecule has 0 aromatic heterocycles. The molecule has 2 atom stereocenters. The Kier molecular flexibility index (Phi) is 5.60. The molecule has 4 N–H and O–H groups in total. The smallest absolute Gasteiger partial charge is 0.226 e. The summed E-state index contributed by atoms with van der Waals surface area (Å²) in [6.45, 7) is 6.44. The molecule has 1 heterocycles. The van der Waals surface area contributed by atoms with E-state index in [0.29, 0.717) is 19.4 Å². The summed E-state index contributed by atoms with van der Waals surface area (Å²) in [7, 11) is 0. The predicted octanol–water partition coefficient (Wildman–Crippen LogP) is 1.22. The van der Waals surface area contributed by atoms with Crippen molar-refractivity contribution in [2.75, 3.05) is 6.61 Å². The van der Waals surface area contributed by atoms with Crippen molar-refractivity contribution in [3.63, 3.8) is 0 Å². The first-order chi connectivity index (χ1) is 9.04. The van der Waals surface area contributed by atoms with Crippen LogP contribution < -0.4 is 11.1 Å². The van der Waals surface area contributed by atoms with Crippen LogP contribution in [0.15, 0.2) is 5.16 Å². The van der Waals surface area contributed by atoms with Gasteiger partial charge in [0.2, 0.25) is 5.91 Å². The number of oxime groups is 1. The van der Waals surface area contributed by atoms with Gasteiger partial charge in [0, 0.05) is 6.61 Å². The molecule has 1 aliphatic heterocycles. The summed E-state index contributed by atoms with van der Waals surface area (Å²) in [6, 6.07) is 0. The number of carbonyl (C=O) groups is 1. The highest BCUT2D eigenvalue weighted by atomic mass is 16.5. The van der Waals surface area contributed by atoms with Crippen LogP contribution in [0.25, 0.3) is 0 Å². The van der Waals surface area contributed by atoms with Crippen molar-refractivity contribution in [2.45, 2.75) is 58.1 Å². The minimum Gasteiger partial charge on any atom is -0.409 e. The summed E-state index contributed by atoms with van der Waals surface area (Å²) in [6.07, 6.45) is 2.67. The van der Waals surface area contributed by atoms with E-state index in [-0.39, 0.29) is 23.8 Å². The Morgan fingerprint density at radius 2 is 2.11 bits per heavy atom. The van der Waals surface area contributed by atoms with Crippen molar-refractivity contribution in [3.8, 4) is 0 Å². The molecule has 1 aliphatic rings. The maximum Gasteiger partial charge on any atom is 0.226 e. The number of nitrogens with zero attached hydrogens (tertiary/aromatic N) is 1. The largest absolute Gasteiger partial charge is 0.409 e. The zero-order valence-corrected chi connectivity index (χ0v) is 12.0. The van der Waals surface area contributed by atoms with Gasteiger partial charge < -0.3 is 21.0 Å². The number of nitrogens with one attached hydrogen (secondary N) is 1. The minimum atomic E-state index is -0.771. The summed E-state index contributed by atoms with van der Waals surface area (Å²) in [5.74, 6) is -0.161. The van der Waals surface area contributed by atoms with Crippen LogP contribution in [-0.2, 0) is 9.53 Å². The molecular formula is C13H25N3O3. The van der Waals surface area contributed by atoms with Gasteiger partial charge in [0.05, 0.1) is 12.0 Å². The molecule has 1 fully saturated rings. The Bertz CT molecular complexity index is 340. The number of amidine groups is 1. The fourth-order valence-corrected chi connectivity index (χ4v) is 2.63. The van der Waals surface area contributed by atoms with Gasteiger partial charge in [0.25, 0.3) is 0 Å². The minimum absolute atomic E-state index is 0.0290. The molecule has 0 radical (unpaired) electrons. The van der Waals surface area contributed by atoms with E-state index in [0.717, 1.165) is 12.8 Å². The second-order valence-corrected chi connectivity index (χ2v) is 4.98. The fraction of sp³-hybridized carbons (Fsp3) is 0.846. The van der Waals surface area contributed by atoms with E-state index in [2.05, 4.69) is 10.5 Å². The highest BCUT2D eigenvalue weighted by Gasteiger charge is 2.39. The quantitative estimate of drug-likeness (QED) is 0.293. The predicted molar refractivity (Wildman–Crippen MR) is 73.0 cm³/mol. The number of carbonyl (C=O) groups excluding carboxylic acids is 1. The second kappa shape index (κ2) is 6.75. The first-order valence-corrected chi connectivity index (χ1v) is 6.96.